The molecule has 2 N–H and O–H groups in total. The van der Waals surface area contributed by atoms with Gasteiger partial charge < -0.3 is 0 Å². The number of halogens is 1. The first-order chi connectivity index (χ1) is 6.61. The Bertz CT molecular complexity index is 326. The molecule has 4 heteroatoms. The van der Waals surface area contributed by atoms with E-state index in [0.717, 1.165) is 15.0 Å². The molecule has 0 bridgehead atoms. The molecule has 1 aromatic rings. The molecule has 0 aliphatic heterocycles. The standard InChI is InChI=1S/C10H13BrN2O/c1-13(12)10(14)7-6-8-4-2-3-5-9(8)11/h2-5H,6-7,12H2,1H3. The van der Waals surface area contributed by atoms with Crippen molar-refractivity contribution in [2.75, 3.05) is 7.05 Å². The van der Waals surface area contributed by atoms with Crippen molar-refractivity contribution >= 4 is 21.8 Å². The molecule has 14 heavy (non-hydrogen) atoms. The van der Waals surface area contributed by atoms with Crippen LogP contribution in [0.3, 0.4) is 0 Å². The van der Waals surface area contributed by atoms with Gasteiger partial charge in [0.15, 0.2) is 0 Å². The van der Waals surface area contributed by atoms with Crippen LogP contribution in [0.4, 0.5) is 0 Å². The summed E-state index contributed by atoms with van der Waals surface area (Å²) in [4.78, 5) is 11.2. The number of nitrogens with zero attached hydrogens (tertiary/aromatic N) is 1. The van der Waals surface area contributed by atoms with Crippen LogP contribution in [-0.4, -0.2) is 18.0 Å². The lowest BCUT2D eigenvalue weighted by Gasteiger charge is -2.09. The Labute approximate surface area is 92.0 Å². The molecule has 0 unspecified atom stereocenters. The van der Waals surface area contributed by atoms with E-state index in [1.54, 1.807) is 7.05 Å². The fourth-order valence-corrected chi connectivity index (χ4v) is 1.60. The van der Waals surface area contributed by atoms with E-state index in [0.29, 0.717) is 12.8 Å². The molecule has 1 amide bonds. The lowest BCUT2D eigenvalue weighted by molar-refractivity contribution is -0.130. The molecular weight excluding hydrogens is 244 g/mol. The van der Waals surface area contributed by atoms with Crippen LogP contribution >= 0.6 is 15.9 Å². The molecular formula is C10H13BrN2O. The fraction of sp³-hybridized carbons (Fsp3) is 0.300. The van der Waals surface area contributed by atoms with Gasteiger partial charge in [-0.2, -0.15) is 0 Å². The molecule has 0 atom stereocenters. The monoisotopic (exact) mass is 256 g/mol. The summed E-state index contributed by atoms with van der Waals surface area (Å²) in [7, 11) is 1.56. The minimum absolute atomic E-state index is 0.0549. The van der Waals surface area contributed by atoms with Crippen LogP contribution in [0.1, 0.15) is 12.0 Å². The Morgan fingerprint density at radius 2 is 2.14 bits per heavy atom. The van der Waals surface area contributed by atoms with Crippen molar-refractivity contribution in [1.29, 1.82) is 0 Å². The lowest BCUT2D eigenvalue weighted by Crippen LogP contribution is -2.33. The maximum Gasteiger partial charge on any atom is 0.236 e. The Morgan fingerprint density at radius 1 is 1.50 bits per heavy atom. The van der Waals surface area contributed by atoms with Crippen LogP contribution in [0.5, 0.6) is 0 Å². The summed E-state index contributed by atoms with van der Waals surface area (Å²) in [6.07, 6.45) is 1.15. The first-order valence-electron chi connectivity index (χ1n) is 4.36. The molecule has 0 spiro atoms. The van der Waals surface area contributed by atoms with Gasteiger partial charge in [-0.25, -0.2) is 5.84 Å². The molecule has 0 heterocycles. The van der Waals surface area contributed by atoms with Crippen LogP contribution in [0.2, 0.25) is 0 Å². The van der Waals surface area contributed by atoms with Crippen molar-refractivity contribution in [3.05, 3.63) is 34.3 Å². The molecule has 0 saturated heterocycles. The summed E-state index contributed by atoms with van der Waals surface area (Å²) < 4.78 is 1.03. The van der Waals surface area contributed by atoms with Crippen molar-refractivity contribution in [1.82, 2.24) is 5.01 Å². The first kappa shape index (κ1) is 11.2. The van der Waals surface area contributed by atoms with Gasteiger partial charge in [0.1, 0.15) is 0 Å². The maximum atomic E-state index is 11.2. The lowest BCUT2D eigenvalue weighted by atomic mass is 10.1. The van der Waals surface area contributed by atoms with Gasteiger partial charge in [-0.3, -0.25) is 9.80 Å². The second kappa shape index (κ2) is 5.12. The summed E-state index contributed by atoms with van der Waals surface area (Å²) in [5.41, 5.74) is 1.13. The molecule has 1 rings (SSSR count). The Hall–Kier alpha value is -0.870. The quantitative estimate of drug-likeness (QED) is 0.509. The highest BCUT2D eigenvalue weighted by Gasteiger charge is 2.06. The smallest absolute Gasteiger partial charge is 0.236 e. The third-order valence-electron chi connectivity index (χ3n) is 1.96. The Morgan fingerprint density at radius 3 is 2.71 bits per heavy atom. The number of carbonyl (C=O) groups is 1. The summed E-state index contributed by atoms with van der Waals surface area (Å²) >= 11 is 3.43. The summed E-state index contributed by atoms with van der Waals surface area (Å²) in [5.74, 6) is 5.26. The molecule has 0 aromatic heterocycles. The average Bonchev–Trinajstić information content (AvgIpc) is 2.16. The molecule has 0 aliphatic rings. The van der Waals surface area contributed by atoms with Gasteiger partial charge >= 0.3 is 0 Å². The van der Waals surface area contributed by atoms with Crippen molar-refractivity contribution < 1.29 is 4.79 Å². The highest BCUT2D eigenvalue weighted by molar-refractivity contribution is 9.10. The highest BCUT2D eigenvalue weighted by Crippen LogP contribution is 2.17. The minimum atomic E-state index is -0.0549. The number of aryl methyl sites for hydroxylation is 1. The van der Waals surface area contributed by atoms with E-state index < -0.39 is 0 Å². The molecule has 0 aliphatic carbocycles. The zero-order chi connectivity index (χ0) is 10.6. The number of rotatable bonds is 3. The molecule has 0 saturated carbocycles. The summed E-state index contributed by atoms with van der Waals surface area (Å²) in [6, 6.07) is 7.86. The van der Waals surface area contributed by atoms with Gasteiger partial charge in [0, 0.05) is 17.9 Å². The number of benzene rings is 1. The van der Waals surface area contributed by atoms with Crippen molar-refractivity contribution in [2.45, 2.75) is 12.8 Å². The maximum absolute atomic E-state index is 11.2. The second-order valence-corrected chi connectivity index (χ2v) is 3.95. The minimum Gasteiger partial charge on any atom is -0.284 e. The van der Waals surface area contributed by atoms with Gasteiger partial charge in [0.05, 0.1) is 0 Å². The summed E-state index contributed by atoms with van der Waals surface area (Å²) in [6.45, 7) is 0. The van der Waals surface area contributed by atoms with E-state index in [-0.39, 0.29) is 5.91 Å². The zero-order valence-electron chi connectivity index (χ0n) is 8.03. The number of carbonyl (C=O) groups excluding carboxylic acids is 1. The molecule has 0 radical (unpaired) electrons. The average molecular weight is 257 g/mol. The van der Waals surface area contributed by atoms with Gasteiger partial charge in [-0.15, -0.1) is 0 Å². The predicted molar refractivity (Wildman–Crippen MR) is 59.4 cm³/mol. The Kier molecular flexibility index (Phi) is 4.10. The van der Waals surface area contributed by atoms with E-state index in [1.165, 1.54) is 0 Å². The number of nitrogens with two attached hydrogens (primary N) is 1. The van der Waals surface area contributed by atoms with E-state index >= 15 is 0 Å². The van der Waals surface area contributed by atoms with Crippen molar-refractivity contribution in [3.8, 4) is 0 Å². The third kappa shape index (κ3) is 3.12. The van der Waals surface area contributed by atoms with Crippen LogP contribution in [0.25, 0.3) is 0 Å². The number of hydrogen-bond donors (Lipinski definition) is 1. The number of amides is 1. The highest BCUT2D eigenvalue weighted by atomic mass is 79.9. The Balaban J connectivity index is 2.54. The fourth-order valence-electron chi connectivity index (χ4n) is 1.12. The van der Waals surface area contributed by atoms with Gasteiger partial charge in [0.25, 0.3) is 0 Å². The van der Waals surface area contributed by atoms with Gasteiger partial charge in [-0.1, -0.05) is 34.1 Å². The SMILES string of the molecule is CN(N)C(=O)CCc1ccccc1Br. The first-order valence-corrected chi connectivity index (χ1v) is 5.15. The van der Waals surface area contributed by atoms with Crippen LogP contribution in [-0.2, 0) is 11.2 Å². The van der Waals surface area contributed by atoms with E-state index in [2.05, 4.69) is 15.9 Å². The number of hydrogen-bond acceptors (Lipinski definition) is 2. The number of hydrazine groups is 1. The predicted octanol–water partition coefficient (Wildman–Crippen LogP) is 1.71. The van der Waals surface area contributed by atoms with Crippen LogP contribution < -0.4 is 5.84 Å². The van der Waals surface area contributed by atoms with Gasteiger partial charge in [-0.05, 0) is 18.1 Å². The molecule has 3 nitrogen and oxygen atoms in total. The second-order valence-electron chi connectivity index (χ2n) is 3.10. The third-order valence-corrected chi connectivity index (χ3v) is 2.73. The topological polar surface area (TPSA) is 46.3 Å². The molecule has 0 fully saturated rings. The van der Waals surface area contributed by atoms with Crippen molar-refractivity contribution in [2.24, 2.45) is 5.84 Å². The van der Waals surface area contributed by atoms with E-state index in [1.807, 2.05) is 24.3 Å². The van der Waals surface area contributed by atoms with Gasteiger partial charge in [0.2, 0.25) is 5.91 Å². The van der Waals surface area contributed by atoms with E-state index in [9.17, 15) is 4.79 Å². The van der Waals surface area contributed by atoms with E-state index in [4.69, 9.17) is 5.84 Å². The molecule has 1 aromatic carbocycles. The van der Waals surface area contributed by atoms with Crippen molar-refractivity contribution in [3.63, 3.8) is 0 Å². The zero-order valence-corrected chi connectivity index (χ0v) is 9.62. The van der Waals surface area contributed by atoms with Crippen LogP contribution in [0, 0.1) is 0 Å². The van der Waals surface area contributed by atoms with Crippen LogP contribution in [0.15, 0.2) is 28.7 Å². The summed E-state index contributed by atoms with van der Waals surface area (Å²) in [5, 5.41) is 1.12. The molecule has 76 valence electrons. The normalized spacial score (nSPS) is 9.93. The largest absolute Gasteiger partial charge is 0.284 e.